The molecule has 3 N–H and O–H groups in total. The Morgan fingerprint density at radius 1 is 1.38 bits per heavy atom. The first-order valence-electron chi connectivity index (χ1n) is 4.66. The third-order valence-corrected chi connectivity index (χ3v) is 1.69. The van der Waals surface area contributed by atoms with Gasteiger partial charge in [-0.15, -0.1) is 0 Å². The van der Waals surface area contributed by atoms with Gasteiger partial charge in [0, 0.05) is 0 Å². The van der Waals surface area contributed by atoms with E-state index in [4.69, 9.17) is 10.2 Å². The van der Waals surface area contributed by atoms with Gasteiger partial charge in [0.1, 0.15) is 12.7 Å². The molecule has 6 heteroatoms. The van der Waals surface area contributed by atoms with Crippen LogP contribution in [0.25, 0.3) is 0 Å². The fourth-order valence-corrected chi connectivity index (χ4v) is 0.883. The maximum Gasteiger partial charge on any atom is 0.359 e. The van der Waals surface area contributed by atoms with E-state index in [2.05, 4.69) is 9.68 Å². The van der Waals surface area contributed by atoms with Crippen LogP contribution in [0.5, 0.6) is 0 Å². The molecular weight excluding hydrogens is 214 g/mol. The first-order chi connectivity index (χ1) is 7.74. The topological polar surface area (TPSA) is 88.0 Å². The van der Waals surface area contributed by atoms with Gasteiger partial charge in [0.25, 0.3) is 0 Å². The SMILES string of the molecule is O=C(ONOCC(O)CO)c1ccccc1. The summed E-state index contributed by atoms with van der Waals surface area (Å²) in [5, 5.41) is 17.3. The molecule has 0 fully saturated rings. The van der Waals surface area contributed by atoms with Crippen molar-refractivity contribution < 1.29 is 24.7 Å². The average molecular weight is 227 g/mol. The quantitative estimate of drug-likeness (QED) is 0.454. The van der Waals surface area contributed by atoms with Gasteiger partial charge in [-0.05, 0) is 17.8 Å². The van der Waals surface area contributed by atoms with Crippen LogP contribution in [-0.2, 0) is 9.68 Å². The van der Waals surface area contributed by atoms with Gasteiger partial charge in [-0.3, -0.25) is 4.84 Å². The summed E-state index contributed by atoms with van der Waals surface area (Å²) in [4.78, 5) is 20.4. The van der Waals surface area contributed by atoms with E-state index in [0.29, 0.717) is 5.56 Å². The summed E-state index contributed by atoms with van der Waals surface area (Å²) in [6.45, 7) is -0.604. The van der Waals surface area contributed by atoms with Gasteiger partial charge < -0.3 is 15.1 Å². The molecule has 0 bridgehead atoms. The van der Waals surface area contributed by atoms with Crippen LogP contribution in [0.2, 0.25) is 0 Å². The van der Waals surface area contributed by atoms with Crippen LogP contribution < -0.4 is 5.64 Å². The highest BCUT2D eigenvalue weighted by atomic mass is 16.9. The highest BCUT2D eigenvalue weighted by molar-refractivity contribution is 5.88. The predicted molar refractivity (Wildman–Crippen MR) is 54.0 cm³/mol. The number of aliphatic hydroxyl groups excluding tert-OH is 2. The molecule has 0 aliphatic rings. The summed E-state index contributed by atoms with van der Waals surface area (Å²) in [5.41, 5.74) is 2.30. The summed E-state index contributed by atoms with van der Waals surface area (Å²) in [6.07, 6.45) is -1.01. The Morgan fingerprint density at radius 3 is 2.69 bits per heavy atom. The summed E-state index contributed by atoms with van der Waals surface area (Å²) < 4.78 is 0. The zero-order valence-corrected chi connectivity index (χ0v) is 8.50. The van der Waals surface area contributed by atoms with Gasteiger partial charge in [0.05, 0.1) is 12.2 Å². The first kappa shape index (κ1) is 12.6. The average Bonchev–Trinajstić information content (AvgIpc) is 2.35. The summed E-state index contributed by atoms with van der Waals surface area (Å²) in [6, 6.07) is 8.36. The highest BCUT2D eigenvalue weighted by Crippen LogP contribution is 1.99. The minimum Gasteiger partial charge on any atom is -0.394 e. The van der Waals surface area contributed by atoms with Crippen molar-refractivity contribution in [2.45, 2.75) is 6.10 Å². The molecule has 0 saturated heterocycles. The molecule has 6 nitrogen and oxygen atoms in total. The van der Waals surface area contributed by atoms with Gasteiger partial charge in [0.2, 0.25) is 0 Å². The van der Waals surface area contributed by atoms with Crippen molar-refractivity contribution in [2.24, 2.45) is 0 Å². The molecule has 0 radical (unpaired) electrons. The molecule has 1 rings (SSSR count). The molecule has 1 atom stereocenters. The molecular formula is C10H13NO5. The van der Waals surface area contributed by atoms with Crippen molar-refractivity contribution >= 4 is 5.97 Å². The number of carbonyl (C=O) groups excluding carboxylic acids is 1. The molecule has 0 heterocycles. The van der Waals surface area contributed by atoms with Gasteiger partial charge in [-0.2, -0.15) is 0 Å². The molecule has 0 spiro atoms. The largest absolute Gasteiger partial charge is 0.394 e. The molecule has 16 heavy (non-hydrogen) atoms. The predicted octanol–water partition coefficient (Wildman–Crippen LogP) is -0.367. The monoisotopic (exact) mass is 227 g/mol. The lowest BCUT2D eigenvalue weighted by Crippen LogP contribution is -2.27. The maximum atomic E-state index is 11.3. The van der Waals surface area contributed by atoms with Crippen LogP contribution in [-0.4, -0.2) is 35.5 Å². The summed E-state index contributed by atoms with van der Waals surface area (Å²) >= 11 is 0. The van der Waals surface area contributed by atoms with E-state index >= 15 is 0 Å². The molecule has 1 unspecified atom stereocenters. The second kappa shape index (κ2) is 6.91. The standard InChI is InChI=1S/C10H13NO5/c12-6-9(13)7-15-11-16-10(14)8-4-2-1-3-5-8/h1-5,9,11-13H,6-7H2. The van der Waals surface area contributed by atoms with Crippen molar-refractivity contribution in [3.63, 3.8) is 0 Å². The Balaban J connectivity index is 2.21. The Morgan fingerprint density at radius 2 is 2.06 bits per heavy atom. The maximum absolute atomic E-state index is 11.3. The molecule has 0 amide bonds. The minimum atomic E-state index is -1.01. The van der Waals surface area contributed by atoms with Crippen LogP contribution >= 0.6 is 0 Å². The zero-order chi connectivity index (χ0) is 11.8. The molecule has 1 aromatic carbocycles. The number of hydrogen-bond acceptors (Lipinski definition) is 6. The lowest BCUT2D eigenvalue weighted by Gasteiger charge is -2.08. The summed E-state index contributed by atoms with van der Waals surface area (Å²) in [5.74, 6) is -0.598. The van der Waals surface area contributed by atoms with E-state index in [1.807, 2.05) is 5.64 Å². The second-order valence-corrected chi connectivity index (χ2v) is 2.99. The van der Waals surface area contributed by atoms with Crippen molar-refractivity contribution in [2.75, 3.05) is 13.2 Å². The Hall–Kier alpha value is -1.47. The Bertz CT molecular complexity index is 316. The van der Waals surface area contributed by atoms with E-state index < -0.39 is 18.7 Å². The zero-order valence-electron chi connectivity index (χ0n) is 8.50. The lowest BCUT2D eigenvalue weighted by molar-refractivity contribution is -0.155. The van der Waals surface area contributed by atoms with E-state index in [1.54, 1.807) is 30.3 Å². The highest BCUT2D eigenvalue weighted by Gasteiger charge is 2.06. The van der Waals surface area contributed by atoms with Crippen molar-refractivity contribution in [1.29, 1.82) is 0 Å². The van der Waals surface area contributed by atoms with Crippen LogP contribution in [0.4, 0.5) is 0 Å². The fraction of sp³-hybridized carbons (Fsp3) is 0.300. The number of benzene rings is 1. The fourth-order valence-electron chi connectivity index (χ4n) is 0.883. The summed E-state index contributed by atoms with van der Waals surface area (Å²) in [7, 11) is 0. The minimum absolute atomic E-state index is 0.182. The first-order valence-corrected chi connectivity index (χ1v) is 4.66. The number of nitrogens with one attached hydrogen (secondary N) is 1. The van der Waals surface area contributed by atoms with E-state index in [9.17, 15) is 4.79 Å². The molecule has 1 aromatic rings. The molecule has 0 saturated carbocycles. The molecule has 0 aliphatic heterocycles. The van der Waals surface area contributed by atoms with Gasteiger partial charge in [0.15, 0.2) is 0 Å². The van der Waals surface area contributed by atoms with E-state index in [-0.39, 0.29) is 6.61 Å². The lowest BCUT2D eigenvalue weighted by atomic mass is 10.2. The normalized spacial score (nSPS) is 12.1. The van der Waals surface area contributed by atoms with Gasteiger partial charge in [-0.1, -0.05) is 18.2 Å². The second-order valence-electron chi connectivity index (χ2n) is 2.99. The van der Waals surface area contributed by atoms with Gasteiger partial charge >= 0.3 is 5.97 Å². The van der Waals surface area contributed by atoms with E-state index in [1.165, 1.54) is 0 Å². The van der Waals surface area contributed by atoms with Crippen LogP contribution in [0.1, 0.15) is 10.4 Å². The van der Waals surface area contributed by atoms with E-state index in [0.717, 1.165) is 0 Å². The Kier molecular flexibility index (Phi) is 5.44. The Labute approximate surface area is 92.3 Å². The number of rotatable bonds is 6. The third kappa shape index (κ3) is 4.37. The molecule has 88 valence electrons. The van der Waals surface area contributed by atoms with Crippen LogP contribution in [0, 0.1) is 0 Å². The number of aliphatic hydroxyl groups is 2. The molecule has 0 aromatic heterocycles. The molecule has 0 aliphatic carbocycles. The van der Waals surface area contributed by atoms with Crippen molar-refractivity contribution in [3.8, 4) is 0 Å². The third-order valence-electron chi connectivity index (χ3n) is 1.69. The van der Waals surface area contributed by atoms with Gasteiger partial charge in [-0.25, -0.2) is 4.79 Å². The number of carbonyl (C=O) groups is 1. The van der Waals surface area contributed by atoms with Crippen molar-refractivity contribution in [3.05, 3.63) is 35.9 Å². The van der Waals surface area contributed by atoms with Crippen LogP contribution in [0.15, 0.2) is 30.3 Å². The number of hydrogen-bond donors (Lipinski definition) is 3. The smallest absolute Gasteiger partial charge is 0.359 e. The van der Waals surface area contributed by atoms with Crippen LogP contribution in [0.3, 0.4) is 0 Å². The van der Waals surface area contributed by atoms with Crippen molar-refractivity contribution in [1.82, 2.24) is 5.64 Å².